The Labute approximate surface area is 123 Å². The van der Waals surface area contributed by atoms with Gasteiger partial charge in [0, 0.05) is 35.6 Å². The Kier molecular flexibility index (Phi) is 4.79. The minimum atomic E-state index is 0.345. The van der Waals surface area contributed by atoms with E-state index in [9.17, 15) is 0 Å². The summed E-state index contributed by atoms with van der Waals surface area (Å²) >= 11 is 1.38. The molecule has 0 amide bonds. The smallest absolute Gasteiger partial charge is 0.202 e. The molecule has 2 aromatic rings. The molecule has 20 heavy (non-hydrogen) atoms. The summed E-state index contributed by atoms with van der Waals surface area (Å²) in [6.45, 7) is 4.80. The maximum absolute atomic E-state index is 5.37. The van der Waals surface area contributed by atoms with Crippen LogP contribution in [0.15, 0.2) is 18.2 Å². The van der Waals surface area contributed by atoms with Crippen molar-refractivity contribution in [3.05, 3.63) is 29.6 Å². The molecular formula is C14H19N3O2S. The van der Waals surface area contributed by atoms with Crippen molar-refractivity contribution in [1.82, 2.24) is 9.36 Å². The van der Waals surface area contributed by atoms with Crippen molar-refractivity contribution in [3.8, 4) is 11.5 Å². The summed E-state index contributed by atoms with van der Waals surface area (Å²) in [5, 5.41) is 4.10. The molecule has 2 rings (SSSR count). The van der Waals surface area contributed by atoms with Gasteiger partial charge >= 0.3 is 0 Å². The zero-order chi connectivity index (χ0) is 14.5. The first kappa shape index (κ1) is 14.6. The van der Waals surface area contributed by atoms with Crippen LogP contribution >= 0.6 is 11.5 Å². The van der Waals surface area contributed by atoms with Gasteiger partial charge in [-0.2, -0.15) is 4.37 Å². The molecule has 0 unspecified atom stereocenters. The van der Waals surface area contributed by atoms with Gasteiger partial charge in [0.1, 0.15) is 17.3 Å². The number of hydrogen-bond acceptors (Lipinski definition) is 6. The molecule has 1 N–H and O–H groups in total. The third kappa shape index (κ3) is 3.39. The first-order valence-electron chi connectivity index (χ1n) is 6.42. The first-order valence-corrected chi connectivity index (χ1v) is 7.19. The monoisotopic (exact) mass is 293 g/mol. The quantitative estimate of drug-likeness (QED) is 0.885. The fourth-order valence-electron chi connectivity index (χ4n) is 1.71. The van der Waals surface area contributed by atoms with Crippen molar-refractivity contribution in [1.29, 1.82) is 0 Å². The molecule has 1 heterocycles. The molecule has 0 radical (unpaired) electrons. The molecule has 0 saturated carbocycles. The standard InChI is InChI=1S/C14H19N3O2S/c1-9(2)13-16-14(20-17-13)15-8-10-5-6-11(18-3)7-12(10)19-4/h5-7,9H,8H2,1-4H3,(H,15,16,17). The van der Waals surface area contributed by atoms with E-state index in [1.165, 1.54) is 11.5 Å². The van der Waals surface area contributed by atoms with Crippen LogP contribution in [0.3, 0.4) is 0 Å². The van der Waals surface area contributed by atoms with Crippen LogP contribution in [0, 0.1) is 0 Å². The lowest BCUT2D eigenvalue weighted by molar-refractivity contribution is 0.391. The van der Waals surface area contributed by atoms with Crippen LogP contribution in [-0.2, 0) is 6.54 Å². The zero-order valence-corrected chi connectivity index (χ0v) is 13.0. The Hall–Kier alpha value is -1.82. The Morgan fingerprint density at radius 1 is 1.25 bits per heavy atom. The highest BCUT2D eigenvalue weighted by atomic mass is 32.1. The highest BCUT2D eigenvalue weighted by Crippen LogP contribution is 2.26. The van der Waals surface area contributed by atoms with Crippen LogP contribution in [0.25, 0.3) is 0 Å². The number of nitrogens with zero attached hydrogens (tertiary/aromatic N) is 2. The molecule has 5 nitrogen and oxygen atoms in total. The maximum Gasteiger partial charge on any atom is 0.202 e. The van der Waals surface area contributed by atoms with E-state index < -0.39 is 0 Å². The fraction of sp³-hybridized carbons (Fsp3) is 0.429. The molecular weight excluding hydrogens is 274 g/mol. The largest absolute Gasteiger partial charge is 0.497 e. The number of rotatable bonds is 6. The van der Waals surface area contributed by atoms with Crippen molar-refractivity contribution in [2.75, 3.05) is 19.5 Å². The molecule has 0 aliphatic heterocycles. The number of nitrogens with one attached hydrogen (secondary N) is 1. The van der Waals surface area contributed by atoms with Gasteiger partial charge in [-0.1, -0.05) is 13.8 Å². The molecule has 0 saturated heterocycles. The molecule has 0 aliphatic carbocycles. The molecule has 0 fully saturated rings. The van der Waals surface area contributed by atoms with Crippen LogP contribution < -0.4 is 14.8 Å². The summed E-state index contributed by atoms with van der Waals surface area (Å²) in [6, 6.07) is 5.77. The third-order valence-electron chi connectivity index (χ3n) is 2.88. The number of aromatic nitrogens is 2. The van der Waals surface area contributed by atoms with Gasteiger partial charge in [0.05, 0.1) is 14.2 Å². The summed E-state index contributed by atoms with van der Waals surface area (Å²) in [7, 11) is 3.29. The summed E-state index contributed by atoms with van der Waals surface area (Å²) < 4.78 is 14.9. The highest BCUT2D eigenvalue weighted by Gasteiger charge is 2.09. The van der Waals surface area contributed by atoms with Crippen molar-refractivity contribution in [3.63, 3.8) is 0 Å². The van der Waals surface area contributed by atoms with Gasteiger partial charge in [-0.05, 0) is 12.1 Å². The van der Waals surface area contributed by atoms with Gasteiger partial charge < -0.3 is 14.8 Å². The van der Waals surface area contributed by atoms with Crippen molar-refractivity contribution in [2.45, 2.75) is 26.3 Å². The Bertz CT molecular complexity index is 569. The number of hydrogen-bond donors (Lipinski definition) is 1. The second-order valence-corrected chi connectivity index (χ2v) is 5.40. The van der Waals surface area contributed by atoms with Crippen LogP contribution in [0.4, 0.5) is 5.13 Å². The fourth-order valence-corrected chi connectivity index (χ4v) is 2.41. The molecule has 0 spiro atoms. The second kappa shape index (κ2) is 6.56. The Balaban J connectivity index is 2.06. The number of methoxy groups -OCH3 is 2. The zero-order valence-electron chi connectivity index (χ0n) is 12.1. The molecule has 0 aliphatic rings. The maximum atomic E-state index is 5.37. The van der Waals surface area contributed by atoms with Crippen molar-refractivity contribution >= 4 is 16.7 Å². The van der Waals surface area contributed by atoms with Gasteiger partial charge in [0.25, 0.3) is 0 Å². The van der Waals surface area contributed by atoms with E-state index >= 15 is 0 Å². The van der Waals surface area contributed by atoms with Gasteiger partial charge in [-0.25, -0.2) is 4.98 Å². The number of anilines is 1. The average molecular weight is 293 g/mol. The predicted octanol–water partition coefficient (Wildman–Crippen LogP) is 3.29. The van der Waals surface area contributed by atoms with E-state index in [0.717, 1.165) is 28.0 Å². The highest BCUT2D eigenvalue weighted by molar-refractivity contribution is 7.09. The normalized spacial score (nSPS) is 10.7. The van der Waals surface area contributed by atoms with Crippen LogP contribution in [0.2, 0.25) is 0 Å². The summed E-state index contributed by atoms with van der Waals surface area (Å²) in [5.41, 5.74) is 1.05. The van der Waals surface area contributed by atoms with Crippen LogP contribution in [-0.4, -0.2) is 23.6 Å². The SMILES string of the molecule is COc1ccc(CNc2nc(C(C)C)ns2)c(OC)c1. The number of benzene rings is 1. The average Bonchev–Trinajstić information content (AvgIpc) is 2.94. The van der Waals surface area contributed by atoms with E-state index in [-0.39, 0.29) is 0 Å². The minimum Gasteiger partial charge on any atom is -0.497 e. The van der Waals surface area contributed by atoms with Crippen LogP contribution in [0.1, 0.15) is 31.2 Å². The number of ether oxygens (including phenoxy) is 2. The van der Waals surface area contributed by atoms with E-state index in [1.807, 2.05) is 18.2 Å². The van der Waals surface area contributed by atoms with Crippen molar-refractivity contribution < 1.29 is 9.47 Å². The lowest BCUT2D eigenvalue weighted by atomic mass is 10.2. The minimum absolute atomic E-state index is 0.345. The molecule has 0 bridgehead atoms. The molecule has 0 atom stereocenters. The van der Waals surface area contributed by atoms with E-state index in [1.54, 1.807) is 14.2 Å². The summed E-state index contributed by atoms with van der Waals surface area (Å²) in [6.07, 6.45) is 0. The first-order chi connectivity index (χ1) is 9.63. The molecule has 108 valence electrons. The predicted molar refractivity (Wildman–Crippen MR) is 80.9 cm³/mol. The molecule has 1 aromatic heterocycles. The summed E-state index contributed by atoms with van der Waals surface area (Å²) in [4.78, 5) is 4.44. The topological polar surface area (TPSA) is 56.3 Å². The van der Waals surface area contributed by atoms with E-state index in [2.05, 4.69) is 28.5 Å². The third-order valence-corrected chi connectivity index (χ3v) is 3.57. The molecule has 6 heteroatoms. The van der Waals surface area contributed by atoms with Gasteiger partial charge in [-0.15, -0.1) is 0 Å². The van der Waals surface area contributed by atoms with E-state index in [4.69, 9.17) is 9.47 Å². The second-order valence-electron chi connectivity index (χ2n) is 4.64. The van der Waals surface area contributed by atoms with Gasteiger partial charge in [0.15, 0.2) is 0 Å². The van der Waals surface area contributed by atoms with Gasteiger partial charge in [0.2, 0.25) is 5.13 Å². The Morgan fingerprint density at radius 3 is 2.65 bits per heavy atom. The van der Waals surface area contributed by atoms with Gasteiger partial charge in [-0.3, -0.25) is 0 Å². The summed E-state index contributed by atoms with van der Waals surface area (Å²) in [5.74, 6) is 2.80. The lowest BCUT2D eigenvalue weighted by Gasteiger charge is -2.10. The lowest BCUT2D eigenvalue weighted by Crippen LogP contribution is -2.02. The molecule has 1 aromatic carbocycles. The van der Waals surface area contributed by atoms with Crippen LogP contribution in [0.5, 0.6) is 11.5 Å². The van der Waals surface area contributed by atoms with E-state index in [0.29, 0.717) is 12.5 Å². The Morgan fingerprint density at radius 2 is 2.05 bits per heavy atom. The van der Waals surface area contributed by atoms with Crippen molar-refractivity contribution in [2.24, 2.45) is 0 Å².